The van der Waals surface area contributed by atoms with Gasteiger partial charge in [0.05, 0.1) is 13.2 Å². The Balaban J connectivity index is 1.87. The van der Waals surface area contributed by atoms with E-state index >= 15 is 0 Å². The molecule has 1 heterocycles. The van der Waals surface area contributed by atoms with Crippen LogP contribution >= 0.6 is 11.6 Å². The summed E-state index contributed by atoms with van der Waals surface area (Å²) >= 11 is 6.09. The van der Waals surface area contributed by atoms with E-state index < -0.39 is 5.72 Å². The van der Waals surface area contributed by atoms with Crippen LogP contribution in [0.15, 0.2) is 48.5 Å². The van der Waals surface area contributed by atoms with E-state index in [-0.39, 0.29) is 17.9 Å². The Morgan fingerprint density at radius 3 is 2.46 bits per heavy atom. The molecule has 2 aliphatic rings. The summed E-state index contributed by atoms with van der Waals surface area (Å²) in [4.78, 5) is 14.8. The Kier molecular flexibility index (Phi) is 4.30. The van der Waals surface area contributed by atoms with Gasteiger partial charge in [0, 0.05) is 33.7 Å². The number of ether oxygens (including phenoxy) is 1. The number of benzene rings is 2. The maximum absolute atomic E-state index is 13.1. The smallest absolute Gasteiger partial charge is 0.257 e. The van der Waals surface area contributed by atoms with Crippen molar-refractivity contribution < 1.29 is 14.6 Å². The maximum Gasteiger partial charge on any atom is 0.257 e. The number of rotatable bonds is 6. The lowest BCUT2D eigenvalue weighted by Gasteiger charge is -2.40. The van der Waals surface area contributed by atoms with Crippen LogP contribution in [-0.2, 0) is 10.5 Å². The second-order valence-electron chi connectivity index (χ2n) is 7.19. The average Bonchev–Trinajstić information content (AvgIpc) is 3.41. The van der Waals surface area contributed by atoms with E-state index in [0.29, 0.717) is 23.7 Å². The van der Waals surface area contributed by atoms with Crippen LogP contribution < -0.4 is 0 Å². The molecular weight excluding hydrogens is 350 g/mol. The number of amides is 1. The summed E-state index contributed by atoms with van der Waals surface area (Å²) in [6.07, 6.45) is 1.89. The van der Waals surface area contributed by atoms with Gasteiger partial charge in [0.1, 0.15) is 0 Å². The molecule has 26 heavy (non-hydrogen) atoms. The van der Waals surface area contributed by atoms with Gasteiger partial charge < -0.3 is 14.7 Å². The van der Waals surface area contributed by atoms with Crippen LogP contribution in [0.25, 0.3) is 0 Å². The van der Waals surface area contributed by atoms with Gasteiger partial charge in [0.25, 0.3) is 5.91 Å². The fourth-order valence-electron chi connectivity index (χ4n) is 3.77. The fraction of sp³-hybridized carbons (Fsp3) is 0.381. The largest absolute Gasteiger partial charge is 0.396 e. The highest BCUT2D eigenvalue weighted by Gasteiger charge is 2.54. The Bertz CT molecular complexity index is 831. The summed E-state index contributed by atoms with van der Waals surface area (Å²) in [6, 6.07) is 15.1. The zero-order valence-electron chi connectivity index (χ0n) is 14.7. The zero-order chi connectivity index (χ0) is 18.4. The minimum atomic E-state index is -0.988. The van der Waals surface area contributed by atoms with Crippen molar-refractivity contribution in [3.8, 4) is 0 Å². The molecule has 1 aliphatic heterocycles. The lowest BCUT2D eigenvalue weighted by atomic mass is 9.93. The quantitative estimate of drug-likeness (QED) is 0.840. The number of hydrogen-bond acceptors (Lipinski definition) is 3. The molecule has 0 radical (unpaired) electrons. The molecule has 2 aromatic carbocycles. The van der Waals surface area contributed by atoms with Gasteiger partial charge >= 0.3 is 0 Å². The molecule has 1 fully saturated rings. The molecule has 0 bridgehead atoms. The van der Waals surface area contributed by atoms with Gasteiger partial charge in [-0.05, 0) is 38.0 Å². The predicted molar refractivity (Wildman–Crippen MR) is 100 cm³/mol. The average molecular weight is 372 g/mol. The minimum Gasteiger partial charge on any atom is -0.396 e. The highest BCUT2D eigenvalue weighted by molar-refractivity contribution is 6.30. The number of fused-ring (bicyclic) bond motifs is 1. The van der Waals surface area contributed by atoms with E-state index in [2.05, 4.69) is 0 Å². The van der Waals surface area contributed by atoms with E-state index in [1.54, 1.807) is 4.90 Å². The number of aliphatic hydroxyl groups is 1. The molecule has 0 spiro atoms. The molecule has 0 aromatic heterocycles. The lowest BCUT2D eigenvalue weighted by molar-refractivity contribution is -0.124. The number of halogens is 1. The van der Waals surface area contributed by atoms with Crippen molar-refractivity contribution in [3.05, 3.63) is 70.2 Å². The van der Waals surface area contributed by atoms with Crippen LogP contribution in [0.2, 0.25) is 5.02 Å². The molecule has 4 nitrogen and oxygen atoms in total. The van der Waals surface area contributed by atoms with Crippen molar-refractivity contribution in [2.45, 2.75) is 25.5 Å². The summed E-state index contributed by atoms with van der Waals surface area (Å²) < 4.78 is 6.54. The van der Waals surface area contributed by atoms with Crippen molar-refractivity contribution in [2.24, 2.45) is 5.41 Å². The topological polar surface area (TPSA) is 49.8 Å². The molecular formula is C21H22ClNO3. The van der Waals surface area contributed by atoms with Crippen LogP contribution in [0.1, 0.15) is 41.3 Å². The first kappa shape index (κ1) is 17.5. The van der Waals surface area contributed by atoms with Crippen molar-refractivity contribution in [1.29, 1.82) is 0 Å². The fourth-order valence-corrected chi connectivity index (χ4v) is 3.90. The second-order valence-corrected chi connectivity index (χ2v) is 7.63. The molecule has 136 valence electrons. The van der Waals surface area contributed by atoms with Gasteiger partial charge in [-0.3, -0.25) is 4.79 Å². The summed E-state index contributed by atoms with van der Waals surface area (Å²) in [5.74, 6) is -0.0353. The SMILES string of the molecule is CCN1C(=O)c2ccccc2C1(OCC1(CO)CC1)c1ccc(Cl)cc1. The number of carbonyl (C=O) groups excluding carboxylic acids is 1. The molecule has 0 saturated heterocycles. The Labute approximate surface area is 158 Å². The first-order chi connectivity index (χ1) is 12.6. The van der Waals surface area contributed by atoms with Crippen molar-refractivity contribution in [3.63, 3.8) is 0 Å². The second kappa shape index (κ2) is 6.38. The summed E-state index contributed by atoms with van der Waals surface area (Å²) in [5, 5.41) is 10.4. The van der Waals surface area contributed by atoms with Crippen LogP contribution in [0.3, 0.4) is 0 Å². The molecule has 1 aliphatic carbocycles. The highest BCUT2D eigenvalue weighted by Crippen LogP contribution is 2.50. The molecule has 4 rings (SSSR count). The number of nitrogens with zero attached hydrogens (tertiary/aromatic N) is 1. The molecule has 1 atom stereocenters. The van der Waals surface area contributed by atoms with E-state index in [4.69, 9.17) is 16.3 Å². The molecule has 5 heteroatoms. The predicted octanol–water partition coefficient (Wildman–Crippen LogP) is 3.81. The molecule has 2 aromatic rings. The number of hydrogen-bond donors (Lipinski definition) is 1. The van der Waals surface area contributed by atoms with Gasteiger partial charge in [0.2, 0.25) is 0 Å². The molecule has 1 N–H and O–H groups in total. The third-order valence-electron chi connectivity index (χ3n) is 5.58. The Morgan fingerprint density at radius 1 is 1.15 bits per heavy atom. The first-order valence-electron chi connectivity index (χ1n) is 8.99. The van der Waals surface area contributed by atoms with E-state index in [0.717, 1.165) is 24.0 Å². The highest BCUT2D eigenvalue weighted by atomic mass is 35.5. The zero-order valence-corrected chi connectivity index (χ0v) is 15.5. The maximum atomic E-state index is 13.1. The van der Waals surface area contributed by atoms with Gasteiger partial charge in [0.15, 0.2) is 5.72 Å². The summed E-state index contributed by atoms with van der Waals surface area (Å²) in [6.45, 7) is 2.98. The lowest BCUT2D eigenvalue weighted by Crippen LogP contribution is -2.47. The van der Waals surface area contributed by atoms with Gasteiger partial charge in [-0.2, -0.15) is 0 Å². The van der Waals surface area contributed by atoms with Gasteiger partial charge in [-0.1, -0.05) is 41.9 Å². The van der Waals surface area contributed by atoms with Gasteiger partial charge in [-0.15, -0.1) is 0 Å². The molecule has 1 saturated carbocycles. The molecule has 1 unspecified atom stereocenters. The van der Waals surface area contributed by atoms with Crippen LogP contribution in [0.4, 0.5) is 0 Å². The standard InChI is InChI=1S/C21H22ClNO3/c1-2-23-19(25)17-5-3-4-6-18(17)21(23,15-7-9-16(22)10-8-15)26-14-20(13-24)11-12-20/h3-10,24H,2,11-14H2,1H3. The third-order valence-corrected chi connectivity index (χ3v) is 5.83. The van der Waals surface area contributed by atoms with Crippen molar-refractivity contribution in [2.75, 3.05) is 19.8 Å². The van der Waals surface area contributed by atoms with E-state index in [1.165, 1.54) is 0 Å². The van der Waals surface area contributed by atoms with Crippen LogP contribution in [-0.4, -0.2) is 35.7 Å². The van der Waals surface area contributed by atoms with E-state index in [9.17, 15) is 9.90 Å². The monoisotopic (exact) mass is 371 g/mol. The summed E-state index contributed by atoms with van der Waals surface area (Å²) in [7, 11) is 0. The van der Waals surface area contributed by atoms with Crippen molar-refractivity contribution >= 4 is 17.5 Å². The van der Waals surface area contributed by atoms with E-state index in [1.807, 2.05) is 55.5 Å². The number of carbonyl (C=O) groups is 1. The van der Waals surface area contributed by atoms with Crippen LogP contribution in [0.5, 0.6) is 0 Å². The van der Waals surface area contributed by atoms with Crippen molar-refractivity contribution in [1.82, 2.24) is 4.90 Å². The normalized spacial score (nSPS) is 23.2. The first-order valence-corrected chi connectivity index (χ1v) is 9.36. The minimum absolute atomic E-state index is 0.0353. The third kappa shape index (κ3) is 2.56. The number of aliphatic hydroxyl groups excluding tert-OH is 1. The molecule has 1 amide bonds. The Hall–Kier alpha value is -1.88. The van der Waals surface area contributed by atoms with Crippen LogP contribution in [0, 0.1) is 5.41 Å². The summed E-state index contributed by atoms with van der Waals surface area (Å²) in [5.41, 5.74) is 1.22. The Morgan fingerprint density at radius 2 is 1.85 bits per heavy atom. The van der Waals surface area contributed by atoms with Gasteiger partial charge in [-0.25, -0.2) is 0 Å².